The molecule has 1 saturated heterocycles. The van der Waals surface area contributed by atoms with E-state index in [1.807, 2.05) is 15.7 Å². The highest BCUT2D eigenvalue weighted by atomic mass is 35.5. The number of aryl methyl sites for hydroxylation is 2. The van der Waals surface area contributed by atoms with Crippen molar-refractivity contribution in [3.63, 3.8) is 0 Å². The van der Waals surface area contributed by atoms with Crippen LogP contribution in [0.2, 0.25) is 5.02 Å². The van der Waals surface area contributed by atoms with Crippen LogP contribution in [0.5, 0.6) is 0 Å². The van der Waals surface area contributed by atoms with Gasteiger partial charge in [0.15, 0.2) is 5.16 Å². The maximum atomic E-state index is 12.8. The lowest BCUT2D eigenvalue weighted by molar-refractivity contribution is -0.384. The quantitative estimate of drug-likeness (QED) is 0.290. The largest absolute Gasteiger partial charge is 0.362 e. The van der Waals surface area contributed by atoms with Crippen molar-refractivity contribution in [3.05, 3.63) is 75.1 Å². The molecule has 1 amide bonds. The summed E-state index contributed by atoms with van der Waals surface area (Å²) >= 11 is 7.33. The summed E-state index contributed by atoms with van der Waals surface area (Å²) in [6, 6.07) is 11.0. The van der Waals surface area contributed by atoms with Crippen molar-refractivity contribution >= 4 is 40.6 Å². The molecule has 1 aliphatic rings. The van der Waals surface area contributed by atoms with Crippen LogP contribution in [0.4, 0.5) is 11.4 Å². The molecule has 33 heavy (non-hydrogen) atoms. The Balaban J connectivity index is 1.37. The van der Waals surface area contributed by atoms with E-state index in [1.165, 1.54) is 29.0 Å². The Morgan fingerprint density at radius 3 is 2.48 bits per heavy atom. The molecule has 0 aliphatic carbocycles. The number of aromatic nitrogens is 2. The topological polar surface area (TPSA) is 84.5 Å². The van der Waals surface area contributed by atoms with Gasteiger partial charge in [0.25, 0.3) is 5.69 Å². The SMILES string of the molecule is Cc1cc(C)cc(-n2ccnc2SCC(=O)N2CCN(c3ccc(Cl)cc3[N+](=O)[O-])CC2)c1. The van der Waals surface area contributed by atoms with E-state index in [0.717, 1.165) is 10.8 Å². The van der Waals surface area contributed by atoms with Crippen molar-refractivity contribution < 1.29 is 9.72 Å². The van der Waals surface area contributed by atoms with E-state index < -0.39 is 4.92 Å². The number of nitro benzene ring substituents is 1. The van der Waals surface area contributed by atoms with Crippen molar-refractivity contribution in [1.82, 2.24) is 14.5 Å². The number of rotatable bonds is 6. The lowest BCUT2D eigenvalue weighted by Crippen LogP contribution is -2.49. The second-order valence-corrected chi connectivity index (χ2v) is 9.35. The van der Waals surface area contributed by atoms with E-state index in [-0.39, 0.29) is 17.3 Å². The fourth-order valence-corrected chi connectivity index (χ4v) is 5.05. The highest BCUT2D eigenvalue weighted by Crippen LogP contribution is 2.32. The summed E-state index contributed by atoms with van der Waals surface area (Å²) in [6.45, 7) is 6.17. The molecule has 0 bridgehead atoms. The molecule has 8 nitrogen and oxygen atoms in total. The summed E-state index contributed by atoms with van der Waals surface area (Å²) in [4.78, 5) is 32.0. The van der Waals surface area contributed by atoms with Gasteiger partial charge in [-0.15, -0.1) is 0 Å². The molecule has 1 aromatic heterocycles. The molecule has 0 radical (unpaired) electrons. The molecule has 0 spiro atoms. The summed E-state index contributed by atoms with van der Waals surface area (Å²) in [5.74, 6) is 0.309. The lowest BCUT2D eigenvalue weighted by Gasteiger charge is -2.35. The fraction of sp³-hybridized carbons (Fsp3) is 0.304. The van der Waals surface area contributed by atoms with Crippen LogP contribution in [0.1, 0.15) is 11.1 Å². The maximum Gasteiger partial charge on any atom is 0.294 e. The number of carbonyl (C=O) groups excluding carboxylic acids is 1. The number of amides is 1. The average Bonchev–Trinajstić information content (AvgIpc) is 3.25. The van der Waals surface area contributed by atoms with Gasteiger partial charge in [-0.2, -0.15) is 0 Å². The van der Waals surface area contributed by atoms with Gasteiger partial charge in [0.05, 0.1) is 10.7 Å². The summed E-state index contributed by atoms with van der Waals surface area (Å²) in [7, 11) is 0. The molecule has 3 aromatic rings. The fourth-order valence-electron chi connectivity index (χ4n) is 4.01. The number of halogens is 1. The summed E-state index contributed by atoms with van der Waals surface area (Å²) in [5, 5.41) is 12.5. The number of nitrogens with zero attached hydrogens (tertiary/aromatic N) is 5. The van der Waals surface area contributed by atoms with Crippen LogP contribution in [-0.4, -0.2) is 57.2 Å². The number of anilines is 1. The third-order valence-electron chi connectivity index (χ3n) is 5.52. The molecule has 172 valence electrons. The maximum absolute atomic E-state index is 12.8. The number of thioether (sulfide) groups is 1. The molecule has 0 saturated carbocycles. The Morgan fingerprint density at radius 2 is 1.82 bits per heavy atom. The Hall–Kier alpha value is -3.04. The molecule has 10 heteroatoms. The molecule has 1 aliphatic heterocycles. The first-order valence-electron chi connectivity index (χ1n) is 10.5. The van der Waals surface area contributed by atoms with Gasteiger partial charge >= 0.3 is 0 Å². The van der Waals surface area contributed by atoms with Crippen LogP contribution in [0, 0.1) is 24.0 Å². The van der Waals surface area contributed by atoms with Gasteiger partial charge < -0.3 is 9.80 Å². The number of carbonyl (C=O) groups is 1. The highest BCUT2D eigenvalue weighted by Gasteiger charge is 2.26. The molecule has 0 N–H and O–H groups in total. The number of hydrogen-bond donors (Lipinski definition) is 0. The van der Waals surface area contributed by atoms with Gasteiger partial charge in [-0.25, -0.2) is 4.98 Å². The summed E-state index contributed by atoms with van der Waals surface area (Å²) < 4.78 is 2.00. The zero-order chi connectivity index (χ0) is 23.5. The van der Waals surface area contributed by atoms with E-state index in [2.05, 4.69) is 37.0 Å². The third-order valence-corrected chi connectivity index (χ3v) is 6.71. The molecular weight excluding hydrogens is 462 g/mol. The molecule has 2 heterocycles. The van der Waals surface area contributed by atoms with Gasteiger partial charge in [-0.05, 0) is 49.2 Å². The predicted octanol–water partition coefficient (Wildman–Crippen LogP) is 4.49. The van der Waals surface area contributed by atoms with Crippen LogP contribution in [0.25, 0.3) is 5.69 Å². The van der Waals surface area contributed by atoms with Crippen molar-refractivity contribution in [2.24, 2.45) is 0 Å². The molecule has 2 aromatic carbocycles. The molecule has 1 fully saturated rings. The van der Waals surface area contributed by atoms with Crippen molar-refractivity contribution in [1.29, 1.82) is 0 Å². The smallest absolute Gasteiger partial charge is 0.294 e. The van der Waals surface area contributed by atoms with Crippen molar-refractivity contribution in [3.8, 4) is 5.69 Å². The highest BCUT2D eigenvalue weighted by molar-refractivity contribution is 7.99. The van der Waals surface area contributed by atoms with E-state index in [1.54, 1.807) is 23.2 Å². The number of benzene rings is 2. The van der Waals surface area contributed by atoms with Crippen LogP contribution in [0.3, 0.4) is 0 Å². The van der Waals surface area contributed by atoms with E-state index in [4.69, 9.17) is 11.6 Å². The van der Waals surface area contributed by atoms with Gasteiger partial charge in [0, 0.05) is 55.3 Å². The number of imidazole rings is 1. The molecule has 0 unspecified atom stereocenters. The Morgan fingerprint density at radius 1 is 1.12 bits per heavy atom. The van der Waals surface area contributed by atoms with Crippen LogP contribution < -0.4 is 4.90 Å². The first-order chi connectivity index (χ1) is 15.8. The standard InChI is InChI=1S/C23H24ClN5O3S/c1-16-11-17(2)13-19(12-16)28-6-5-25-23(28)33-15-22(30)27-9-7-26(8-10-27)20-4-3-18(24)14-21(20)29(31)32/h3-6,11-14H,7-10,15H2,1-2H3. The molecule has 0 atom stereocenters. The van der Waals surface area contributed by atoms with Crippen LogP contribution in [0.15, 0.2) is 53.9 Å². The van der Waals surface area contributed by atoms with Gasteiger partial charge in [-0.3, -0.25) is 19.5 Å². The van der Waals surface area contributed by atoms with Gasteiger partial charge in [-0.1, -0.05) is 29.4 Å². The molecular formula is C23H24ClN5O3S. The van der Waals surface area contributed by atoms with Crippen molar-refractivity contribution in [2.75, 3.05) is 36.8 Å². The first kappa shape index (κ1) is 23.1. The molecule has 4 rings (SSSR count). The summed E-state index contributed by atoms with van der Waals surface area (Å²) in [6.07, 6.45) is 3.64. The second kappa shape index (κ2) is 9.84. The van der Waals surface area contributed by atoms with E-state index >= 15 is 0 Å². The number of nitro groups is 1. The minimum absolute atomic E-state index is 0.0175. The zero-order valence-electron chi connectivity index (χ0n) is 18.4. The minimum atomic E-state index is -0.423. The lowest BCUT2D eigenvalue weighted by atomic mass is 10.1. The van der Waals surface area contributed by atoms with E-state index in [9.17, 15) is 14.9 Å². The Labute approximate surface area is 201 Å². The predicted molar refractivity (Wildman–Crippen MR) is 131 cm³/mol. The van der Waals surface area contributed by atoms with Gasteiger partial charge in [0.2, 0.25) is 5.91 Å². The van der Waals surface area contributed by atoms with E-state index in [0.29, 0.717) is 36.9 Å². The monoisotopic (exact) mass is 485 g/mol. The third kappa shape index (κ3) is 5.31. The normalized spacial score (nSPS) is 13.9. The van der Waals surface area contributed by atoms with Gasteiger partial charge in [0.1, 0.15) is 5.69 Å². The second-order valence-electron chi connectivity index (χ2n) is 7.97. The zero-order valence-corrected chi connectivity index (χ0v) is 20.0. The number of piperazine rings is 1. The summed E-state index contributed by atoms with van der Waals surface area (Å²) in [5.41, 5.74) is 3.88. The number of hydrogen-bond acceptors (Lipinski definition) is 6. The first-order valence-corrected chi connectivity index (χ1v) is 11.9. The van der Waals surface area contributed by atoms with Crippen LogP contribution >= 0.6 is 23.4 Å². The average molecular weight is 486 g/mol. The Bertz CT molecular complexity index is 1170. The van der Waals surface area contributed by atoms with Crippen LogP contribution in [-0.2, 0) is 4.79 Å². The van der Waals surface area contributed by atoms with Crippen molar-refractivity contribution in [2.45, 2.75) is 19.0 Å². The minimum Gasteiger partial charge on any atom is -0.362 e. The Kier molecular flexibility index (Phi) is 6.90.